The van der Waals surface area contributed by atoms with E-state index in [0.717, 1.165) is 12.1 Å². The van der Waals surface area contributed by atoms with Crippen molar-refractivity contribution in [1.82, 2.24) is 21.3 Å². The minimum absolute atomic E-state index is 0. The minimum atomic E-state index is -1.44. The number of alkyl halides is 1. The van der Waals surface area contributed by atoms with Gasteiger partial charge in [0.1, 0.15) is 11.2 Å². The summed E-state index contributed by atoms with van der Waals surface area (Å²) in [6.07, 6.45) is -0.990. The maximum atomic E-state index is 12.8. The molecule has 0 radical (unpaired) electrons. The summed E-state index contributed by atoms with van der Waals surface area (Å²) in [7, 11) is 0. The summed E-state index contributed by atoms with van der Waals surface area (Å²) in [5.41, 5.74) is 14.6. The molecule has 3 rings (SSSR count). The molecule has 20 heteroatoms. The van der Waals surface area contributed by atoms with E-state index in [2.05, 4.69) is 47.0 Å². The van der Waals surface area contributed by atoms with E-state index in [0.29, 0.717) is 67.2 Å². The Morgan fingerprint density at radius 2 is 1.03 bits per heavy atom. The van der Waals surface area contributed by atoms with Gasteiger partial charge in [-0.05, 0) is 81.8 Å². The van der Waals surface area contributed by atoms with Gasteiger partial charge in [0.25, 0.3) is 0 Å². The predicted octanol–water partition coefficient (Wildman–Crippen LogP) is 2.84. The van der Waals surface area contributed by atoms with Gasteiger partial charge in [0, 0.05) is 57.7 Å². The normalized spacial score (nSPS) is 11.2. The molecule has 0 aromatic heterocycles. The van der Waals surface area contributed by atoms with Crippen LogP contribution >= 0.6 is 15.9 Å². The summed E-state index contributed by atoms with van der Waals surface area (Å²) in [5, 5.41) is 11.6. The van der Waals surface area contributed by atoms with Crippen molar-refractivity contribution in [3.63, 3.8) is 0 Å². The van der Waals surface area contributed by atoms with Crippen molar-refractivity contribution in [2.24, 2.45) is 11.5 Å². The number of carbonyl (C=O) groups is 3. The number of nitrogens with two attached hydrogens (primary N) is 2. The fraction of sp³-hybridized carbons (Fsp3) is 0.378. The molecule has 8 N–H and O–H groups in total. The van der Waals surface area contributed by atoms with Gasteiger partial charge in [-0.3, -0.25) is 4.79 Å². The topological polar surface area (TPSA) is 188 Å². The van der Waals surface area contributed by atoms with Gasteiger partial charge >= 0.3 is 121 Å². The molecule has 0 aliphatic carbocycles. The number of hydrogen-bond acceptors (Lipinski definition) is 11. The van der Waals surface area contributed by atoms with Gasteiger partial charge in [-0.1, -0.05) is 107 Å². The maximum Gasteiger partial charge on any atom is 1.00 e. The molecule has 65 heavy (non-hydrogen) atoms. The van der Waals surface area contributed by atoms with Gasteiger partial charge in [-0.15, -0.1) is 0 Å². The second-order valence-electron chi connectivity index (χ2n) is 14.6. The van der Waals surface area contributed by atoms with Crippen LogP contribution in [0, 0.1) is 6.86 Å². The van der Waals surface area contributed by atoms with E-state index >= 15 is 0 Å². The second-order valence-corrected chi connectivity index (χ2v) is 15.1. The van der Waals surface area contributed by atoms with Gasteiger partial charge in [0.2, 0.25) is 0 Å². The Balaban J connectivity index is -0.000000380. The van der Waals surface area contributed by atoms with Crippen molar-refractivity contribution in [2.45, 2.75) is 72.4 Å². The van der Waals surface area contributed by atoms with Crippen LogP contribution < -0.4 is 136 Å². The van der Waals surface area contributed by atoms with Crippen LogP contribution in [0.3, 0.4) is 0 Å². The van der Waals surface area contributed by atoms with Crippen molar-refractivity contribution < 1.29 is 155 Å². The van der Waals surface area contributed by atoms with Crippen molar-refractivity contribution >= 4 is 34.6 Å². The molecule has 2 amide bonds. The average molecular weight is 1040 g/mol. The Bertz CT molecular complexity index is 1770. The van der Waals surface area contributed by atoms with Crippen LogP contribution in [0.2, 0.25) is 0 Å². The fourth-order valence-electron chi connectivity index (χ4n) is 3.99. The van der Waals surface area contributed by atoms with Crippen LogP contribution in [0.5, 0.6) is 0 Å². The number of hydrogen-bond donors (Lipinski definition) is 6. The molecule has 0 bridgehead atoms. The van der Waals surface area contributed by atoms with E-state index in [9.17, 15) is 31.9 Å². The van der Waals surface area contributed by atoms with Crippen LogP contribution in [0.25, 0.3) is 0 Å². The fourth-order valence-corrected chi connectivity index (χ4v) is 4.31. The van der Waals surface area contributed by atoms with E-state index in [-0.39, 0.29) is 129 Å². The molecular weight excluding hydrogens is 971 g/mol. The number of carbonyl (C=O) groups excluding carboxylic acids is 3. The van der Waals surface area contributed by atoms with Crippen molar-refractivity contribution in [3.05, 3.63) is 150 Å². The molecule has 0 saturated carbocycles. The van der Waals surface area contributed by atoms with Gasteiger partial charge in [0.05, 0.1) is 19.0 Å². The van der Waals surface area contributed by atoms with E-state index in [4.69, 9.17) is 22.3 Å². The third-order valence-corrected chi connectivity index (χ3v) is 7.58. The zero-order valence-corrected chi connectivity index (χ0v) is 46.6. The number of halogens is 5. The summed E-state index contributed by atoms with van der Waals surface area (Å²) >= 11 is 3.09. The molecule has 13 nitrogen and oxygen atoms in total. The van der Waals surface area contributed by atoms with Crippen LogP contribution in [0.4, 0.5) is 27.2 Å². The standard InChI is InChI=1S/C16H23FN2O2.C11H15FN2.C9H15BrFNO2.C7H9N.C2H2FO3.2K/c1-16(2,3)21-15(20)19-12-14(9-17)11-18-10-13-7-5-4-6-8-13;12-6-11(7-13)9-14-8-10-4-2-1-3-5-10;1-9(2,3)14-8(13)12-6-7(4-10)5-11;8-6-7-4-2-1-3-5-7;3-1-5-6-2-4;;/h4-9,18H,10-12H2,1-3H3,(H,19,20);1-6,14H,7-9,13H2;5H,4,6H2,1-3H3,(H,12,13);1-5H,6,8H2;1-2H;;/q;;;;-1;2*+1/b;11-6+;;;;;/i;;;;2D;;. The van der Waals surface area contributed by atoms with Crippen molar-refractivity contribution in [2.75, 3.05) is 38.1 Å². The third kappa shape index (κ3) is 47.0. The molecule has 0 spiro atoms. The Labute approximate surface area is 477 Å². The Morgan fingerprint density at radius 1 is 0.662 bits per heavy atom. The van der Waals surface area contributed by atoms with Crippen LogP contribution in [-0.2, 0) is 43.7 Å². The van der Waals surface area contributed by atoms with E-state index in [1.807, 2.05) is 91.0 Å². The first-order valence-electron chi connectivity index (χ1n) is 19.9. The number of alkyl carbamates (subject to hydrolysis) is 2. The molecule has 0 unspecified atom stereocenters. The van der Waals surface area contributed by atoms with Gasteiger partial charge in [-0.2, -0.15) is 0 Å². The number of benzene rings is 3. The van der Waals surface area contributed by atoms with E-state index in [1.165, 1.54) is 11.1 Å². The summed E-state index contributed by atoms with van der Waals surface area (Å²) in [6, 6.07) is 29.8. The molecule has 0 saturated heterocycles. The Morgan fingerprint density at radius 3 is 1.31 bits per heavy atom. The smallest absolute Gasteiger partial charge is 0.444 e. The van der Waals surface area contributed by atoms with Crippen molar-refractivity contribution in [1.29, 1.82) is 0 Å². The van der Waals surface area contributed by atoms with Crippen LogP contribution in [0.15, 0.2) is 127 Å². The molecule has 3 aromatic carbocycles. The molecular formula is C45H64BrF4K2N6O7+. The monoisotopic (exact) mass is 1030 g/mol. The Hall–Kier alpha value is -1.84. The number of ether oxygens (including phenoxy) is 2. The Kier molecular flexibility index (Phi) is 47.6. The number of amides is 2. The molecule has 0 aliphatic heterocycles. The van der Waals surface area contributed by atoms with E-state index < -0.39 is 29.8 Å². The number of nitrogens with one attached hydrogen (secondary N) is 4. The second kappa shape index (κ2) is 45.9. The average Bonchev–Trinajstić information content (AvgIpc) is 3.26. The van der Waals surface area contributed by atoms with Crippen molar-refractivity contribution in [3.8, 4) is 0 Å². The molecule has 3 aromatic rings. The summed E-state index contributed by atoms with van der Waals surface area (Å²) < 4.78 is 63.5. The maximum absolute atomic E-state index is 12.8. The summed E-state index contributed by atoms with van der Waals surface area (Å²) in [5.74, 6) is 0. The van der Waals surface area contributed by atoms with Crippen LogP contribution in [-0.4, -0.2) is 67.9 Å². The first-order chi connectivity index (χ1) is 30.4. The SMILES string of the molecule is CC(C)(C)OC(=O)NCC(=CF)CBr.CC(C)(C)OC(=O)NCC(=CF)CNCc1ccccc1.NC/C(=C\F)CNCc1ccccc1.NCc1ccccc1.[2H]C(=O)OO[CH-]F.[K+].[K+]. The molecule has 0 heterocycles. The summed E-state index contributed by atoms with van der Waals surface area (Å²) in [4.78, 5) is 38.5. The number of rotatable bonds is 17. The van der Waals surface area contributed by atoms with Gasteiger partial charge in [-0.25, -0.2) is 22.8 Å². The zero-order chi connectivity index (χ0) is 48.7. The first-order valence-corrected chi connectivity index (χ1v) is 20.5. The minimum Gasteiger partial charge on any atom is -0.444 e. The third-order valence-electron chi connectivity index (χ3n) is 6.86. The molecule has 0 fully saturated rings. The predicted molar refractivity (Wildman–Crippen MR) is 243 cm³/mol. The van der Waals surface area contributed by atoms with E-state index in [1.54, 1.807) is 41.5 Å². The van der Waals surface area contributed by atoms with Gasteiger partial charge < -0.3 is 56.4 Å². The van der Waals surface area contributed by atoms with Crippen LogP contribution in [0.1, 0.15) is 59.6 Å². The molecule has 0 aliphatic rings. The first kappa shape index (κ1) is 67.4. The summed E-state index contributed by atoms with van der Waals surface area (Å²) in [6.45, 7) is 13.7. The molecule has 0 atom stereocenters. The largest absolute Gasteiger partial charge is 1.00 e. The quantitative estimate of drug-likeness (QED) is 0.0222. The zero-order valence-electron chi connectivity index (χ0n) is 39.7. The van der Waals surface area contributed by atoms with Gasteiger partial charge in [0.15, 0.2) is 1.37 Å². The molecule has 352 valence electrons.